The first-order valence-corrected chi connectivity index (χ1v) is 8.17. The summed E-state index contributed by atoms with van der Waals surface area (Å²) in [5, 5.41) is 13.7. The van der Waals surface area contributed by atoms with Crippen molar-refractivity contribution < 1.29 is 4.79 Å². The zero-order valence-corrected chi connectivity index (χ0v) is 13.5. The zero-order valence-electron chi connectivity index (χ0n) is 12.7. The summed E-state index contributed by atoms with van der Waals surface area (Å²) in [6.45, 7) is 0. The van der Waals surface area contributed by atoms with Gasteiger partial charge in [0.05, 0.1) is 5.75 Å². The van der Waals surface area contributed by atoms with E-state index in [2.05, 4.69) is 39.8 Å². The summed E-state index contributed by atoms with van der Waals surface area (Å²) in [6, 6.07) is 14.4. The Kier molecular flexibility index (Phi) is 4.47. The van der Waals surface area contributed by atoms with Gasteiger partial charge in [-0.25, -0.2) is 4.68 Å². The molecule has 3 rings (SSSR count). The van der Waals surface area contributed by atoms with E-state index in [4.69, 9.17) is 5.84 Å². The van der Waals surface area contributed by atoms with Crippen LogP contribution in [0, 0.1) is 0 Å². The normalized spacial score (nSPS) is 10.8. The number of nitrogen functional groups attached to an aromatic ring is 1. The van der Waals surface area contributed by atoms with E-state index in [0.29, 0.717) is 17.4 Å². The number of nitrogens with zero attached hydrogens (tertiary/aromatic N) is 3. The van der Waals surface area contributed by atoms with Gasteiger partial charge in [-0.15, -0.1) is 10.2 Å². The first kappa shape index (κ1) is 15.4. The van der Waals surface area contributed by atoms with Crippen molar-refractivity contribution in [3.63, 3.8) is 0 Å². The highest BCUT2D eigenvalue weighted by Gasteiger charge is 2.13. The summed E-state index contributed by atoms with van der Waals surface area (Å²) >= 11 is 1.27. The number of nitrogens with one attached hydrogen (secondary N) is 1. The van der Waals surface area contributed by atoms with E-state index in [9.17, 15) is 4.79 Å². The Hall–Kier alpha value is -2.54. The average molecular weight is 327 g/mol. The van der Waals surface area contributed by atoms with Crippen LogP contribution in [0.2, 0.25) is 0 Å². The Morgan fingerprint density at radius 1 is 1.22 bits per heavy atom. The standard InChI is InChI=1S/C16H17N5OS/c1-18-15(22)10-23-16-20-19-14(21(16)17)9-12-7-4-6-11-5-2-3-8-13(11)12/h2-8H,9-10,17H2,1H3,(H,18,22). The molecule has 3 N–H and O–H groups in total. The predicted molar refractivity (Wildman–Crippen MR) is 91.7 cm³/mol. The van der Waals surface area contributed by atoms with Crippen molar-refractivity contribution in [3.8, 4) is 0 Å². The number of nitrogens with two attached hydrogens (primary N) is 1. The summed E-state index contributed by atoms with van der Waals surface area (Å²) in [5.41, 5.74) is 1.14. The third-order valence-corrected chi connectivity index (χ3v) is 4.52. The predicted octanol–water partition coefficient (Wildman–Crippen LogP) is 1.57. The second kappa shape index (κ2) is 6.70. The number of amides is 1. The number of hydrogen-bond donors (Lipinski definition) is 2. The highest BCUT2D eigenvalue weighted by Crippen LogP contribution is 2.22. The number of thioether (sulfide) groups is 1. The van der Waals surface area contributed by atoms with Crippen LogP contribution in [0.1, 0.15) is 11.4 Å². The summed E-state index contributed by atoms with van der Waals surface area (Å²) in [6.07, 6.45) is 0.589. The molecule has 0 radical (unpaired) electrons. The molecule has 0 saturated heterocycles. The minimum atomic E-state index is -0.0754. The molecule has 7 heteroatoms. The van der Waals surface area contributed by atoms with Gasteiger partial charge in [0, 0.05) is 13.5 Å². The van der Waals surface area contributed by atoms with Crippen molar-refractivity contribution in [2.45, 2.75) is 11.6 Å². The number of carbonyl (C=O) groups is 1. The second-order valence-corrected chi connectivity index (χ2v) is 5.99. The molecule has 0 aliphatic rings. The number of benzene rings is 2. The number of carbonyl (C=O) groups excluding carboxylic acids is 1. The Morgan fingerprint density at radius 3 is 2.83 bits per heavy atom. The van der Waals surface area contributed by atoms with Crippen LogP contribution in [0.5, 0.6) is 0 Å². The Balaban J connectivity index is 1.83. The van der Waals surface area contributed by atoms with E-state index in [-0.39, 0.29) is 11.7 Å². The molecule has 1 amide bonds. The number of rotatable bonds is 5. The van der Waals surface area contributed by atoms with Gasteiger partial charge >= 0.3 is 0 Å². The molecule has 1 aromatic heterocycles. The molecule has 0 fully saturated rings. The lowest BCUT2D eigenvalue weighted by atomic mass is 10.0. The van der Waals surface area contributed by atoms with Gasteiger partial charge < -0.3 is 11.2 Å². The zero-order chi connectivity index (χ0) is 16.2. The average Bonchev–Trinajstić information content (AvgIpc) is 2.93. The fourth-order valence-corrected chi connectivity index (χ4v) is 3.09. The Labute approximate surface area is 138 Å². The van der Waals surface area contributed by atoms with E-state index in [1.807, 2.05) is 18.2 Å². The lowest BCUT2D eigenvalue weighted by molar-refractivity contribution is -0.118. The molecule has 0 aliphatic heterocycles. The van der Waals surface area contributed by atoms with Crippen molar-refractivity contribution in [1.82, 2.24) is 20.2 Å². The minimum Gasteiger partial charge on any atom is -0.358 e. The maximum absolute atomic E-state index is 11.3. The van der Waals surface area contributed by atoms with Gasteiger partial charge in [0.15, 0.2) is 5.82 Å². The molecule has 0 aliphatic carbocycles. The van der Waals surface area contributed by atoms with Crippen LogP contribution in [-0.2, 0) is 11.2 Å². The smallest absolute Gasteiger partial charge is 0.230 e. The van der Waals surface area contributed by atoms with Crippen LogP contribution < -0.4 is 11.2 Å². The summed E-state index contributed by atoms with van der Waals surface area (Å²) < 4.78 is 1.45. The van der Waals surface area contributed by atoms with Crippen LogP contribution in [0.15, 0.2) is 47.6 Å². The highest BCUT2D eigenvalue weighted by atomic mass is 32.2. The third kappa shape index (κ3) is 3.29. The number of fused-ring (bicyclic) bond motifs is 1. The van der Waals surface area contributed by atoms with E-state index in [1.165, 1.54) is 27.2 Å². The maximum atomic E-state index is 11.3. The van der Waals surface area contributed by atoms with Gasteiger partial charge in [0.25, 0.3) is 0 Å². The van der Waals surface area contributed by atoms with Gasteiger partial charge in [-0.1, -0.05) is 54.2 Å². The lowest BCUT2D eigenvalue weighted by Crippen LogP contribution is -2.21. The second-order valence-electron chi connectivity index (χ2n) is 5.05. The largest absolute Gasteiger partial charge is 0.358 e. The van der Waals surface area contributed by atoms with E-state index < -0.39 is 0 Å². The van der Waals surface area contributed by atoms with Crippen LogP contribution in [-0.4, -0.2) is 33.6 Å². The van der Waals surface area contributed by atoms with Crippen LogP contribution >= 0.6 is 11.8 Å². The summed E-state index contributed by atoms with van der Waals surface area (Å²) in [7, 11) is 1.60. The molecule has 23 heavy (non-hydrogen) atoms. The van der Waals surface area contributed by atoms with Crippen LogP contribution in [0.4, 0.5) is 0 Å². The van der Waals surface area contributed by atoms with Crippen molar-refractivity contribution in [1.29, 1.82) is 0 Å². The van der Waals surface area contributed by atoms with E-state index in [0.717, 1.165) is 5.56 Å². The summed E-state index contributed by atoms with van der Waals surface area (Å²) in [5.74, 6) is 6.92. The molecule has 2 aromatic carbocycles. The monoisotopic (exact) mass is 327 g/mol. The van der Waals surface area contributed by atoms with Gasteiger partial charge in [-0.2, -0.15) is 0 Å². The highest BCUT2D eigenvalue weighted by molar-refractivity contribution is 7.99. The molecule has 0 unspecified atom stereocenters. The van der Waals surface area contributed by atoms with E-state index in [1.54, 1.807) is 7.05 Å². The molecular formula is C16H17N5OS. The quantitative estimate of drug-likeness (QED) is 0.549. The molecule has 1 heterocycles. The SMILES string of the molecule is CNC(=O)CSc1nnc(Cc2cccc3ccccc23)n1N. The molecule has 0 spiro atoms. The van der Waals surface area contributed by atoms with E-state index >= 15 is 0 Å². The number of aromatic nitrogens is 3. The summed E-state index contributed by atoms with van der Waals surface area (Å²) in [4.78, 5) is 11.3. The van der Waals surface area contributed by atoms with Crippen LogP contribution in [0.3, 0.4) is 0 Å². The third-order valence-electron chi connectivity index (χ3n) is 3.57. The molecular weight excluding hydrogens is 310 g/mol. The van der Waals surface area contributed by atoms with Gasteiger partial charge in [-0.3, -0.25) is 4.79 Å². The van der Waals surface area contributed by atoms with Crippen molar-refractivity contribution in [3.05, 3.63) is 53.9 Å². The molecule has 0 saturated carbocycles. The first-order chi connectivity index (χ1) is 11.2. The Morgan fingerprint density at radius 2 is 2.00 bits per heavy atom. The first-order valence-electron chi connectivity index (χ1n) is 7.18. The fourth-order valence-electron chi connectivity index (χ4n) is 2.35. The molecule has 0 atom stereocenters. The topological polar surface area (TPSA) is 85.8 Å². The van der Waals surface area contributed by atoms with Crippen molar-refractivity contribution in [2.24, 2.45) is 0 Å². The van der Waals surface area contributed by atoms with Crippen molar-refractivity contribution >= 4 is 28.4 Å². The van der Waals surface area contributed by atoms with Crippen molar-refractivity contribution in [2.75, 3.05) is 18.6 Å². The fraction of sp³-hybridized carbons (Fsp3) is 0.188. The molecule has 6 nitrogen and oxygen atoms in total. The molecule has 3 aromatic rings. The van der Waals surface area contributed by atoms with Crippen LogP contribution in [0.25, 0.3) is 10.8 Å². The lowest BCUT2D eigenvalue weighted by Gasteiger charge is -2.07. The molecule has 118 valence electrons. The van der Waals surface area contributed by atoms with Gasteiger partial charge in [0.2, 0.25) is 11.1 Å². The van der Waals surface area contributed by atoms with Gasteiger partial charge in [-0.05, 0) is 16.3 Å². The maximum Gasteiger partial charge on any atom is 0.230 e. The number of hydrogen-bond acceptors (Lipinski definition) is 5. The molecule has 0 bridgehead atoms. The van der Waals surface area contributed by atoms with Gasteiger partial charge in [0.1, 0.15) is 0 Å². The Bertz CT molecular complexity index is 840. The minimum absolute atomic E-state index is 0.0754.